The van der Waals surface area contributed by atoms with E-state index in [4.69, 9.17) is 14.5 Å². The number of aromatic nitrogens is 2. The zero-order valence-electron chi connectivity index (χ0n) is 20.4. The second kappa shape index (κ2) is 10.4. The highest BCUT2D eigenvalue weighted by Crippen LogP contribution is 2.33. The number of rotatable bonds is 6. The van der Waals surface area contributed by atoms with Crippen molar-refractivity contribution in [3.8, 4) is 17.2 Å². The molecule has 0 aliphatic carbocycles. The van der Waals surface area contributed by atoms with Crippen molar-refractivity contribution in [1.82, 2.24) is 14.9 Å². The molecule has 0 spiro atoms. The van der Waals surface area contributed by atoms with Gasteiger partial charge in [0.05, 0.1) is 30.0 Å². The Labute approximate surface area is 217 Å². The Morgan fingerprint density at radius 2 is 1.83 bits per heavy atom. The van der Waals surface area contributed by atoms with Crippen LogP contribution in [0, 0.1) is 20.8 Å². The molecule has 1 aliphatic heterocycles. The molecule has 0 bridgehead atoms. The molecule has 9 heteroatoms. The summed E-state index contributed by atoms with van der Waals surface area (Å²) in [7, 11) is 0. The van der Waals surface area contributed by atoms with Crippen LogP contribution in [-0.4, -0.2) is 34.4 Å². The minimum absolute atomic E-state index is 0.112. The van der Waals surface area contributed by atoms with E-state index < -0.39 is 0 Å². The molecule has 1 N–H and O–H groups in total. The maximum Gasteiger partial charge on any atom is 0.267 e. The summed E-state index contributed by atoms with van der Waals surface area (Å²) in [5.74, 6) is 1.45. The average molecular weight is 522 g/mol. The lowest BCUT2D eigenvalue weighted by molar-refractivity contribution is -0.118. The molecule has 0 saturated heterocycles. The van der Waals surface area contributed by atoms with Gasteiger partial charge in [-0.1, -0.05) is 30.0 Å². The number of ether oxygens (including phenoxy) is 2. The third kappa shape index (κ3) is 4.85. The van der Waals surface area contributed by atoms with Crippen molar-refractivity contribution >= 4 is 39.2 Å². The van der Waals surface area contributed by atoms with Crippen LogP contribution in [0.3, 0.4) is 0 Å². The van der Waals surface area contributed by atoms with Crippen LogP contribution in [0.5, 0.6) is 11.5 Å². The van der Waals surface area contributed by atoms with E-state index in [1.165, 1.54) is 23.1 Å². The fourth-order valence-corrected chi connectivity index (χ4v) is 6.01. The van der Waals surface area contributed by atoms with Crippen molar-refractivity contribution in [1.29, 1.82) is 0 Å². The summed E-state index contributed by atoms with van der Waals surface area (Å²) in [5.41, 5.74) is 3.57. The predicted octanol–water partition coefficient (Wildman–Crippen LogP) is 4.94. The first kappa shape index (κ1) is 24.4. The van der Waals surface area contributed by atoms with Crippen LogP contribution in [0.25, 0.3) is 15.9 Å². The summed E-state index contributed by atoms with van der Waals surface area (Å²) < 4.78 is 13.1. The predicted molar refractivity (Wildman–Crippen MR) is 144 cm³/mol. The van der Waals surface area contributed by atoms with Crippen LogP contribution in [0.4, 0.5) is 0 Å². The quantitative estimate of drug-likeness (QED) is 0.286. The second-order valence-corrected chi connectivity index (χ2v) is 10.8. The molecule has 3 heterocycles. The van der Waals surface area contributed by atoms with E-state index in [9.17, 15) is 9.59 Å². The molecule has 1 aliphatic rings. The number of carbonyl (C=O) groups is 1. The maximum atomic E-state index is 13.5. The van der Waals surface area contributed by atoms with Gasteiger partial charge < -0.3 is 14.8 Å². The van der Waals surface area contributed by atoms with Gasteiger partial charge in [-0.15, -0.1) is 11.3 Å². The number of nitrogens with one attached hydrogen (secondary N) is 1. The lowest BCUT2D eigenvalue weighted by Crippen LogP contribution is -2.26. The molecule has 1 amide bonds. The highest BCUT2D eigenvalue weighted by Gasteiger charge is 2.19. The Hall–Kier alpha value is -3.30. The van der Waals surface area contributed by atoms with E-state index >= 15 is 0 Å². The number of hydrogen-bond acceptors (Lipinski definition) is 7. The number of fused-ring (bicyclic) bond motifs is 2. The molecule has 0 atom stereocenters. The lowest BCUT2D eigenvalue weighted by Gasteiger charge is -2.14. The van der Waals surface area contributed by atoms with Crippen molar-refractivity contribution in [2.75, 3.05) is 19.0 Å². The number of para-hydroxylation sites is 1. The van der Waals surface area contributed by atoms with E-state index in [1.807, 2.05) is 63.2 Å². The van der Waals surface area contributed by atoms with Gasteiger partial charge in [0, 0.05) is 17.8 Å². The zero-order chi connectivity index (χ0) is 25.2. The molecule has 2 aromatic heterocycles. The third-order valence-corrected chi connectivity index (χ3v) is 8.24. The molecule has 4 aromatic rings. The Morgan fingerprint density at radius 3 is 2.58 bits per heavy atom. The monoisotopic (exact) mass is 521 g/mol. The molecule has 0 fully saturated rings. The van der Waals surface area contributed by atoms with Gasteiger partial charge in [-0.25, -0.2) is 4.98 Å². The molecule has 36 heavy (non-hydrogen) atoms. The summed E-state index contributed by atoms with van der Waals surface area (Å²) in [6, 6.07) is 13.3. The standard InChI is InChI=1S/C27H27N3O4S2/c1-16-12-21-22(34-11-7-10-33-21)13-19(16)14-28-23(31)15-35-27-29-25-24(17(2)18(3)36-25)26(32)30(27)20-8-5-4-6-9-20/h4-6,8-9,12-13H,7,10-11,14-15H2,1-3H3,(H,28,31). The van der Waals surface area contributed by atoms with E-state index in [2.05, 4.69) is 5.32 Å². The van der Waals surface area contributed by atoms with E-state index in [0.717, 1.165) is 39.4 Å². The number of benzene rings is 2. The van der Waals surface area contributed by atoms with Crippen molar-refractivity contribution < 1.29 is 14.3 Å². The molecule has 0 unspecified atom stereocenters. The molecule has 0 saturated carbocycles. The minimum atomic E-state index is -0.140. The summed E-state index contributed by atoms with van der Waals surface area (Å²) in [5, 5.41) is 4.13. The maximum absolute atomic E-state index is 13.5. The zero-order valence-corrected chi connectivity index (χ0v) is 22.1. The van der Waals surface area contributed by atoms with Crippen LogP contribution in [-0.2, 0) is 11.3 Å². The molecular formula is C27H27N3O4S2. The summed E-state index contributed by atoms with van der Waals surface area (Å²) in [6.07, 6.45) is 0.843. The number of carbonyl (C=O) groups excluding carboxylic acids is 1. The van der Waals surface area contributed by atoms with Crippen molar-refractivity contribution in [3.05, 3.63) is 74.4 Å². The number of thioether (sulfide) groups is 1. The normalized spacial score (nSPS) is 13.0. The first-order valence-electron chi connectivity index (χ1n) is 11.8. The van der Waals surface area contributed by atoms with E-state index in [-0.39, 0.29) is 17.2 Å². The van der Waals surface area contributed by atoms with Gasteiger partial charge >= 0.3 is 0 Å². The van der Waals surface area contributed by atoms with E-state index in [1.54, 1.807) is 4.57 Å². The molecule has 5 rings (SSSR count). The highest BCUT2D eigenvalue weighted by atomic mass is 32.2. The Kier molecular flexibility index (Phi) is 7.02. The van der Waals surface area contributed by atoms with Gasteiger partial charge in [0.1, 0.15) is 4.83 Å². The van der Waals surface area contributed by atoms with Crippen LogP contribution < -0.4 is 20.3 Å². The molecule has 2 aromatic carbocycles. The van der Waals surface area contributed by atoms with Gasteiger partial charge in [-0.05, 0) is 61.7 Å². The van der Waals surface area contributed by atoms with Gasteiger partial charge in [0.25, 0.3) is 5.56 Å². The summed E-state index contributed by atoms with van der Waals surface area (Å²) in [6.45, 7) is 7.57. The van der Waals surface area contributed by atoms with Crippen LogP contribution in [0.1, 0.15) is 28.0 Å². The van der Waals surface area contributed by atoms with Crippen molar-refractivity contribution in [2.24, 2.45) is 0 Å². The second-order valence-electron chi connectivity index (χ2n) is 8.68. The average Bonchev–Trinajstić information content (AvgIpc) is 3.01. The first-order valence-corrected chi connectivity index (χ1v) is 13.6. The van der Waals surface area contributed by atoms with Gasteiger partial charge in [-0.3, -0.25) is 14.2 Å². The largest absolute Gasteiger partial charge is 0.490 e. The van der Waals surface area contributed by atoms with Gasteiger partial charge in [-0.2, -0.15) is 0 Å². The number of thiophene rings is 1. The topological polar surface area (TPSA) is 82.5 Å². The SMILES string of the molecule is Cc1cc2c(cc1CNC(=O)CSc1nc3sc(C)c(C)c3c(=O)n1-c1ccccc1)OCCCO2. The van der Waals surface area contributed by atoms with Crippen LogP contribution >= 0.6 is 23.1 Å². The molecule has 0 radical (unpaired) electrons. The molecule has 186 valence electrons. The van der Waals surface area contributed by atoms with Crippen molar-refractivity contribution in [2.45, 2.75) is 38.9 Å². The van der Waals surface area contributed by atoms with Crippen LogP contribution in [0.2, 0.25) is 0 Å². The van der Waals surface area contributed by atoms with Crippen molar-refractivity contribution in [3.63, 3.8) is 0 Å². The summed E-state index contributed by atoms with van der Waals surface area (Å²) >= 11 is 2.77. The minimum Gasteiger partial charge on any atom is -0.490 e. The fraction of sp³-hybridized carbons (Fsp3) is 0.296. The Bertz CT molecular complexity index is 1490. The van der Waals surface area contributed by atoms with Gasteiger partial charge in [0.15, 0.2) is 16.7 Å². The number of hydrogen-bond donors (Lipinski definition) is 1. The lowest BCUT2D eigenvalue weighted by atomic mass is 10.1. The Morgan fingerprint density at radius 1 is 1.11 bits per heavy atom. The molecule has 7 nitrogen and oxygen atoms in total. The highest BCUT2D eigenvalue weighted by molar-refractivity contribution is 7.99. The fourth-order valence-electron chi connectivity index (χ4n) is 4.09. The van der Waals surface area contributed by atoms with Gasteiger partial charge in [0.2, 0.25) is 5.91 Å². The molecular weight excluding hydrogens is 494 g/mol. The van der Waals surface area contributed by atoms with Crippen LogP contribution in [0.15, 0.2) is 52.4 Å². The smallest absolute Gasteiger partial charge is 0.267 e. The first-order chi connectivity index (χ1) is 17.4. The Balaban J connectivity index is 1.35. The number of aryl methyl sites for hydroxylation is 3. The number of nitrogens with zero attached hydrogens (tertiary/aromatic N) is 2. The summed E-state index contributed by atoms with van der Waals surface area (Å²) in [4.78, 5) is 32.9. The number of amides is 1. The third-order valence-electron chi connectivity index (χ3n) is 6.20. The van der Waals surface area contributed by atoms with E-state index in [0.29, 0.717) is 40.9 Å².